The zero-order chi connectivity index (χ0) is 11.7. The number of aliphatic hydroxyl groups is 1. The number of aliphatic hydroxyl groups excluding tert-OH is 1. The number of esters is 1. The number of nitrogens with two attached hydrogens (primary N) is 1. The van der Waals surface area contributed by atoms with Crippen LogP contribution in [0.5, 0.6) is 0 Å². The Hall–Kier alpha value is -1.14. The fourth-order valence-electron chi connectivity index (χ4n) is 0.919. The smallest absolute Gasteiger partial charge is 0.306 e. The zero-order valence-electron chi connectivity index (χ0n) is 8.86. The maximum absolute atomic E-state index is 11.1. The van der Waals surface area contributed by atoms with E-state index in [9.17, 15) is 9.59 Å². The molecule has 6 heteroatoms. The van der Waals surface area contributed by atoms with E-state index in [0.717, 1.165) is 0 Å². The van der Waals surface area contributed by atoms with E-state index in [1.165, 1.54) is 7.11 Å². The van der Waals surface area contributed by atoms with Gasteiger partial charge in [0, 0.05) is 25.6 Å². The maximum atomic E-state index is 11.1. The predicted octanol–water partition coefficient (Wildman–Crippen LogP) is -1.23. The summed E-state index contributed by atoms with van der Waals surface area (Å²) < 4.78 is 4.39. The molecule has 1 atom stereocenters. The number of methoxy groups -OCH3 is 1. The molecule has 0 saturated heterocycles. The van der Waals surface area contributed by atoms with Gasteiger partial charge in [0.25, 0.3) is 0 Å². The van der Waals surface area contributed by atoms with Gasteiger partial charge in [-0.15, -0.1) is 0 Å². The van der Waals surface area contributed by atoms with Crippen LogP contribution in [0.3, 0.4) is 0 Å². The number of rotatable bonds is 7. The van der Waals surface area contributed by atoms with Crippen molar-refractivity contribution >= 4 is 11.9 Å². The molecule has 0 aliphatic rings. The van der Waals surface area contributed by atoms with E-state index in [-0.39, 0.29) is 31.4 Å². The van der Waals surface area contributed by atoms with Gasteiger partial charge in [-0.2, -0.15) is 0 Å². The number of nitrogens with one attached hydrogen (secondary N) is 1. The van der Waals surface area contributed by atoms with Crippen LogP contribution in [-0.2, 0) is 14.3 Å². The number of carbonyl (C=O) groups excluding carboxylic acids is 2. The van der Waals surface area contributed by atoms with Crippen molar-refractivity contribution in [2.24, 2.45) is 5.73 Å². The van der Waals surface area contributed by atoms with Gasteiger partial charge in [-0.3, -0.25) is 9.59 Å². The Balaban J connectivity index is 3.53. The van der Waals surface area contributed by atoms with Crippen LogP contribution >= 0.6 is 0 Å². The van der Waals surface area contributed by atoms with E-state index < -0.39 is 5.97 Å². The predicted molar refractivity (Wildman–Crippen MR) is 53.9 cm³/mol. The summed E-state index contributed by atoms with van der Waals surface area (Å²) in [4.78, 5) is 21.8. The first-order valence-corrected chi connectivity index (χ1v) is 4.80. The second-order valence-electron chi connectivity index (χ2n) is 3.15. The van der Waals surface area contributed by atoms with Crippen molar-refractivity contribution in [1.82, 2.24) is 5.32 Å². The summed E-state index contributed by atoms with van der Waals surface area (Å²) in [5.41, 5.74) is 5.55. The largest absolute Gasteiger partial charge is 0.469 e. The van der Waals surface area contributed by atoms with Gasteiger partial charge < -0.3 is 20.9 Å². The first kappa shape index (κ1) is 13.9. The van der Waals surface area contributed by atoms with Gasteiger partial charge in [-0.25, -0.2) is 0 Å². The molecule has 0 spiro atoms. The summed E-state index contributed by atoms with van der Waals surface area (Å²) in [6.07, 6.45) is 0.605. The fourth-order valence-corrected chi connectivity index (χ4v) is 0.919. The minimum atomic E-state index is -0.412. The standard InChI is InChI=1S/C9H18N2O4/c1-15-9(14)3-2-8(13)11-6-7(10)4-5-12/h7,12H,2-6,10H2,1H3,(H,11,13)/t7-/m0/s1. The van der Waals surface area contributed by atoms with Gasteiger partial charge in [-0.05, 0) is 6.42 Å². The molecule has 4 N–H and O–H groups in total. The van der Waals surface area contributed by atoms with Crippen LogP contribution in [0.2, 0.25) is 0 Å². The summed E-state index contributed by atoms with van der Waals surface area (Å²) in [6, 6.07) is -0.253. The van der Waals surface area contributed by atoms with Crippen LogP contribution < -0.4 is 11.1 Å². The Morgan fingerprint density at radius 3 is 2.67 bits per heavy atom. The van der Waals surface area contributed by atoms with Crippen molar-refractivity contribution in [2.75, 3.05) is 20.3 Å². The third-order valence-electron chi connectivity index (χ3n) is 1.85. The van der Waals surface area contributed by atoms with Crippen molar-refractivity contribution in [2.45, 2.75) is 25.3 Å². The highest BCUT2D eigenvalue weighted by Gasteiger charge is 2.08. The van der Waals surface area contributed by atoms with E-state index in [2.05, 4.69) is 10.1 Å². The van der Waals surface area contributed by atoms with Gasteiger partial charge in [0.15, 0.2) is 0 Å². The Bertz CT molecular complexity index is 208. The molecule has 0 aromatic rings. The van der Waals surface area contributed by atoms with Crippen molar-refractivity contribution < 1.29 is 19.4 Å². The van der Waals surface area contributed by atoms with Gasteiger partial charge in [0.1, 0.15) is 0 Å². The Morgan fingerprint density at radius 2 is 2.13 bits per heavy atom. The average Bonchev–Trinajstić information content (AvgIpc) is 2.23. The van der Waals surface area contributed by atoms with Crippen LogP contribution in [0.25, 0.3) is 0 Å². The van der Waals surface area contributed by atoms with Gasteiger partial charge in [0.2, 0.25) is 5.91 Å². The van der Waals surface area contributed by atoms with Crippen LogP contribution in [0.4, 0.5) is 0 Å². The fraction of sp³-hybridized carbons (Fsp3) is 0.778. The van der Waals surface area contributed by atoms with Crippen molar-refractivity contribution in [3.63, 3.8) is 0 Å². The molecule has 0 aliphatic heterocycles. The summed E-state index contributed by atoms with van der Waals surface area (Å²) in [5.74, 6) is -0.654. The second-order valence-corrected chi connectivity index (χ2v) is 3.15. The lowest BCUT2D eigenvalue weighted by atomic mass is 10.2. The molecular formula is C9H18N2O4. The third kappa shape index (κ3) is 7.90. The summed E-state index contributed by atoms with van der Waals surface area (Å²) in [6.45, 7) is 0.305. The Labute approximate surface area is 88.8 Å². The molecule has 0 bridgehead atoms. The SMILES string of the molecule is COC(=O)CCC(=O)NC[C@@H](N)CCO. The molecule has 0 heterocycles. The van der Waals surface area contributed by atoms with Crippen LogP contribution in [0.1, 0.15) is 19.3 Å². The van der Waals surface area contributed by atoms with Gasteiger partial charge in [-0.1, -0.05) is 0 Å². The molecule has 0 unspecified atom stereocenters. The van der Waals surface area contributed by atoms with E-state index in [4.69, 9.17) is 10.8 Å². The van der Waals surface area contributed by atoms with Gasteiger partial charge >= 0.3 is 5.97 Å². The van der Waals surface area contributed by atoms with E-state index >= 15 is 0 Å². The highest BCUT2D eigenvalue weighted by molar-refractivity contribution is 5.81. The summed E-state index contributed by atoms with van der Waals surface area (Å²) >= 11 is 0. The maximum Gasteiger partial charge on any atom is 0.306 e. The number of hydrogen-bond acceptors (Lipinski definition) is 5. The molecule has 0 rings (SSSR count). The second kappa shape index (κ2) is 8.19. The minimum absolute atomic E-state index is 0.000796. The number of hydrogen-bond donors (Lipinski definition) is 3. The van der Waals surface area contributed by atoms with Crippen molar-refractivity contribution in [3.8, 4) is 0 Å². The number of carbonyl (C=O) groups is 2. The normalized spacial score (nSPS) is 11.9. The molecular weight excluding hydrogens is 200 g/mol. The molecule has 0 aliphatic carbocycles. The molecule has 0 fully saturated rings. The van der Waals surface area contributed by atoms with E-state index in [0.29, 0.717) is 13.0 Å². The summed E-state index contributed by atoms with van der Waals surface area (Å²) in [5, 5.41) is 11.1. The first-order chi connectivity index (χ1) is 7.10. The number of amides is 1. The quantitative estimate of drug-likeness (QED) is 0.464. The van der Waals surface area contributed by atoms with Crippen LogP contribution in [-0.4, -0.2) is 43.3 Å². The molecule has 15 heavy (non-hydrogen) atoms. The van der Waals surface area contributed by atoms with E-state index in [1.807, 2.05) is 0 Å². The minimum Gasteiger partial charge on any atom is -0.469 e. The molecule has 0 aromatic carbocycles. The van der Waals surface area contributed by atoms with Crippen LogP contribution in [0.15, 0.2) is 0 Å². The highest BCUT2D eigenvalue weighted by Crippen LogP contribution is 1.92. The summed E-state index contributed by atoms with van der Waals surface area (Å²) in [7, 11) is 1.28. The molecule has 1 amide bonds. The average molecular weight is 218 g/mol. The first-order valence-electron chi connectivity index (χ1n) is 4.80. The van der Waals surface area contributed by atoms with Crippen LogP contribution in [0, 0.1) is 0 Å². The Kier molecular flexibility index (Phi) is 7.57. The highest BCUT2D eigenvalue weighted by atomic mass is 16.5. The number of ether oxygens (including phenoxy) is 1. The molecule has 6 nitrogen and oxygen atoms in total. The lowest BCUT2D eigenvalue weighted by Crippen LogP contribution is -2.37. The van der Waals surface area contributed by atoms with Crippen molar-refractivity contribution in [3.05, 3.63) is 0 Å². The lowest BCUT2D eigenvalue weighted by Gasteiger charge is -2.10. The third-order valence-corrected chi connectivity index (χ3v) is 1.85. The van der Waals surface area contributed by atoms with Gasteiger partial charge in [0.05, 0.1) is 13.5 Å². The zero-order valence-corrected chi connectivity index (χ0v) is 8.86. The van der Waals surface area contributed by atoms with E-state index in [1.54, 1.807) is 0 Å². The molecule has 0 aromatic heterocycles. The lowest BCUT2D eigenvalue weighted by molar-refractivity contribution is -0.142. The molecule has 0 radical (unpaired) electrons. The van der Waals surface area contributed by atoms with Crippen molar-refractivity contribution in [1.29, 1.82) is 0 Å². The Morgan fingerprint density at radius 1 is 1.47 bits per heavy atom. The topological polar surface area (TPSA) is 102 Å². The molecule has 0 saturated carbocycles. The monoisotopic (exact) mass is 218 g/mol. The molecule has 88 valence electrons.